The third kappa shape index (κ3) is 3.70. The molecular formula is CH6NO2P. The first-order valence-corrected chi connectivity index (χ1v) is 1.92. The van der Waals surface area contributed by atoms with Crippen molar-refractivity contribution in [3.05, 3.63) is 0 Å². The van der Waals surface area contributed by atoms with Crippen LogP contribution in [0, 0.1) is 0 Å². The monoisotopic (exact) mass is 95.0 g/mol. The molecule has 0 atom stereocenters. The second-order valence-electron chi connectivity index (χ2n) is 0.523. The Balaban J connectivity index is 2.85. The van der Waals surface area contributed by atoms with Crippen molar-refractivity contribution in [3.8, 4) is 0 Å². The van der Waals surface area contributed by atoms with E-state index in [0.717, 1.165) is 0 Å². The van der Waals surface area contributed by atoms with E-state index in [9.17, 15) is 4.79 Å². The van der Waals surface area contributed by atoms with Crippen molar-refractivity contribution in [1.29, 1.82) is 0 Å². The quantitative estimate of drug-likeness (QED) is 0.406. The van der Waals surface area contributed by atoms with Gasteiger partial charge in [0.05, 0.1) is 0 Å². The van der Waals surface area contributed by atoms with Crippen molar-refractivity contribution in [2.45, 2.75) is 0 Å². The van der Waals surface area contributed by atoms with Crippen LogP contribution in [-0.2, 0) is 4.52 Å². The fourth-order valence-corrected chi connectivity index (χ4v) is 0. The van der Waals surface area contributed by atoms with Gasteiger partial charge in [-0.1, -0.05) is 0 Å². The standard InChI is InChI=1S/CH6NO2P/c2-1(3)4-5/h5H4,(H2,2,3). The first kappa shape index (κ1) is 4.70. The maximum absolute atomic E-state index is 9.40. The molecule has 0 aliphatic carbocycles. The molecule has 3 nitrogen and oxygen atoms in total. The van der Waals surface area contributed by atoms with Crippen molar-refractivity contribution in [2.24, 2.45) is 5.73 Å². The molecule has 0 aromatic rings. The summed E-state index contributed by atoms with van der Waals surface area (Å²) >= 11 is 0. The average molecular weight is 95.0 g/mol. The van der Waals surface area contributed by atoms with Gasteiger partial charge in [-0.15, -0.1) is 0 Å². The molecule has 4 heteroatoms. The number of nitrogens with two attached hydrogens (primary N) is 1. The predicted octanol–water partition coefficient (Wildman–Crippen LogP) is -0.664. The zero-order valence-corrected chi connectivity index (χ0v) is 4.89. The molecule has 5 heavy (non-hydrogen) atoms. The van der Waals surface area contributed by atoms with Gasteiger partial charge in [-0.05, 0) is 0 Å². The number of carbonyl (C=O) groups is 1. The molecule has 0 aromatic carbocycles. The van der Waals surface area contributed by atoms with Crippen LogP contribution in [0.15, 0.2) is 0 Å². The van der Waals surface area contributed by atoms with Gasteiger partial charge in [0.25, 0.3) is 0 Å². The van der Waals surface area contributed by atoms with Crippen LogP contribution < -0.4 is 5.73 Å². The zero-order chi connectivity index (χ0) is 4.28. The summed E-state index contributed by atoms with van der Waals surface area (Å²) in [6, 6.07) is 0. The minimum absolute atomic E-state index is 0.399. The molecule has 0 heterocycles. The van der Waals surface area contributed by atoms with E-state index in [1.807, 2.05) is 0 Å². The first-order valence-electron chi connectivity index (χ1n) is 1.11. The fraction of sp³-hybridized carbons (Fsp3) is 0. The van der Waals surface area contributed by atoms with E-state index in [4.69, 9.17) is 0 Å². The van der Waals surface area contributed by atoms with Crippen LogP contribution in [0.25, 0.3) is 0 Å². The summed E-state index contributed by atoms with van der Waals surface area (Å²) in [7, 11) is 0.399. The van der Waals surface area contributed by atoms with Crippen LogP contribution >= 0.6 is 9.47 Å². The third-order valence-electron chi connectivity index (χ3n) is 0.201. The summed E-state index contributed by atoms with van der Waals surface area (Å²) in [5.74, 6) is 0. The summed E-state index contributed by atoms with van der Waals surface area (Å²) in [6.45, 7) is 0. The number of primary amides is 1. The molecule has 0 radical (unpaired) electrons. The van der Waals surface area contributed by atoms with Gasteiger partial charge in [-0.25, -0.2) is 0 Å². The molecule has 0 spiro atoms. The number of hydrogen-bond donors (Lipinski definition) is 1. The molecule has 0 saturated carbocycles. The zero-order valence-electron chi connectivity index (χ0n) is 2.89. The van der Waals surface area contributed by atoms with Crippen LogP contribution in [0.1, 0.15) is 0 Å². The Bertz CT molecular complexity index is 44.9. The molecule has 0 fully saturated rings. The van der Waals surface area contributed by atoms with Crippen LogP contribution in [0.2, 0.25) is 0 Å². The molecule has 2 N–H and O–H groups in total. The van der Waals surface area contributed by atoms with E-state index in [1.165, 1.54) is 0 Å². The molecule has 0 aliphatic rings. The minimum atomic E-state index is -0.684. The maximum atomic E-state index is 9.40. The summed E-state index contributed by atoms with van der Waals surface area (Å²) in [5, 5.41) is 0. The van der Waals surface area contributed by atoms with Gasteiger partial charge in [0, 0.05) is 0 Å². The molecule has 0 aliphatic heterocycles. The van der Waals surface area contributed by atoms with Crippen molar-refractivity contribution in [2.75, 3.05) is 0 Å². The summed E-state index contributed by atoms with van der Waals surface area (Å²) in [5.41, 5.74) is 4.47. The van der Waals surface area contributed by atoms with E-state index >= 15 is 0 Å². The molecule has 0 unspecified atom stereocenters. The van der Waals surface area contributed by atoms with Crippen molar-refractivity contribution in [3.63, 3.8) is 0 Å². The fourth-order valence-electron chi connectivity index (χ4n) is 0. The molecule has 0 saturated heterocycles. The second kappa shape index (κ2) is 1.97. The van der Waals surface area contributed by atoms with Gasteiger partial charge in [0.15, 0.2) is 0 Å². The van der Waals surface area contributed by atoms with E-state index in [1.54, 1.807) is 0 Å². The Morgan fingerprint density at radius 1 is 2.00 bits per heavy atom. The topological polar surface area (TPSA) is 52.3 Å². The number of hydrogen-bond acceptors (Lipinski definition) is 2. The Kier molecular flexibility index (Phi) is 1.85. The van der Waals surface area contributed by atoms with Crippen LogP contribution in [0.3, 0.4) is 0 Å². The first-order chi connectivity index (χ1) is 2.27. The Morgan fingerprint density at radius 2 is 2.20 bits per heavy atom. The molecule has 0 aromatic heterocycles. The third-order valence-corrected chi connectivity index (χ3v) is 0.604. The summed E-state index contributed by atoms with van der Waals surface area (Å²) in [6.07, 6.45) is -0.684. The molecule has 1 amide bonds. The predicted molar refractivity (Wildman–Crippen MR) is 23.2 cm³/mol. The SMILES string of the molecule is NC(=O)O[PH4]. The van der Waals surface area contributed by atoms with Gasteiger partial charge in [0.1, 0.15) is 0 Å². The van der Waals surface area contributed by atoms with Crippen molar-refractivity contribution in [1.82, 2.24) is 0 Å². The van der Waals surface area contributed by atoms with Gasteiger partial charge < -0.3 is 0 Å². The normalized spacial score (nSPS) is 6.80. The van der Waals surface area contributed by atoms with Gasteiger partial charge in [0.2, 0.25) is 0 Å². The van der Waals surface area contributed by atoms with Gasteiger partial charge in [-0.3, -0.25) is 0 Å². The Labute approximate surface area is 31.8 Å². The molecule has 0 rings (SSSR count). The van der Waals surface area contributed by atoms with Crippen LogP contribution in [0.5, 0.6) is 0 Å². The average Bonchev–Trinajstić information content (AvgIpc) is 1.38. The van der Waals surface area contributed by atoms with Gasteiger partial charge >= 0.3 is 30.6 Å². The molecule has 0 bridgehead atoms. The molecular weight excluding hydrogens is 89.0 g/mol. The second-order valence-corrected chi connectivity index (χ2v) is 0.931. The van der Waals surface area contributed by atoms with E-state index < -0.39 is 6.09 Å². The van der Waals surface area contributed by atoms with Gasteiger partial charge in [-0.2, -0.15) is 0 Å². The van der Waals surface area contributed by atoms with E-state index in [2.05, 4.69) is 10.3 Å². The summed E-state index contributed by atoms with van der Waals surface area (Å²) < 4.78 is 4.03. The van der Waals surface area contributed by atoms with Crippen LogP contribution in [0.4, 0.5) is 4.79 Å². The number of carbonyl (C=O) groups excluding carboxylic acids is 1. The Morgan fingerprint density at radius 3 is 2.20 bits per heavy atom. The van der Waals surface area contributed by atoms with E-state index in [-0.39, 0.29) is 0 Å². The summed E-state index contributed by atoms with van der Waals surface area (Å²) in [4.78, 5) is 9.40. The van der Waals surface area contributed by atoms with Crippen molar-refractivity contribution >= 4 is 15.6 Å². The number of rotatable bonds is 0. The van der Waals surface area contributed by atoms with Crippen molar-refractivity contribution < 1.29 is 9.32 Å². The Hall–Kier alpha value is -0.300. The van der Waals surface area contributed by atoms with Crippen LogP contribution in [-0.4, -0.2) is 6.09 Å². The molecule has 32 valence electrons. The van der Waals surface area contributed by atoms with E-state index in [0.29, 0.717) is 9.47 Å². The number of amides is 1.